The van der Waals surface area contributed by atoms with Crippen LogP contribution in [0.1, 0.15) is 17.0 Å². The molecule has 0 spiro atoms. The Hall–Kier alpha value is -3.38. The summed E-state index contributed by atoms with van der Waals surface area (Å²) in [5.74, 6) is 1.29. The number of carboxylic acids is 1. The number of carbonyl (C=O) groups is 1. The smallest absolute Gasteiger partial charge is 0.317 e. The van der Waals surface area contributed by atoms with Gasteiger partial charge in [0.2, 0.25) is 5.89 Å². The normalized spacial score (nSPS) is 10.9. The molecule has 0 saturated heterocycles. The number of carboxylic acid groups (broad SMARTS) is 1. The SMILES string of the molecule is C=CCN(CC(=O)O)Cc1cccc(OCCc2nc(-c3ccccc3)oc2C)c1. The van der Waals surface area contributed by atoms with Crippen molar-refractivity contribution in [2.24, 2.45) is 0 Å². The zero-order chi connectivity index (χ0) is 21.3. The highest BCUT2D eigenvalue weighted by Crippen LogP contribution is 2.22. The molecule has 0 unspecified atom stereocenters. The van der Waals surface area contributed by atoms with Crippen LogP contribution in [0.15, 0.2) is 71.7 Å². The summed E-state index contributed by atoms with van der Waals surface area (Å²) < 4.78 is 11.7. The monoisotopic (exact) mass is 406 g/mol. The van der Waals surface area contributed by atoms with E-state index in [9.17, 15) is 4.79 Å². The van der Waals surface area contributed by atoms with E-state index in [1.54, 1.807) is 11.0 Å². The van der Waals surface area contributed by atoms with E-state index in [1.165, 1.54) is 0 Å². The first-order chi connectivity index (χ1) is 14.5. The molecule has 0 aliphatic rings. The topological polar surface area (TPSA) is 75.8 Å². The molecule has 1 N–H and O–H groups in total. The van der Waals surface area contributed by atoms with Gasteiger partial charge in [-0.2, -0.15) is 0 Å². The van der Waals surface area contributed by atoms with Gasteiger partial charge in [0.05, 0.1) is 18.8 Å². The Morgan fingerprint density at radius 2 is 2.03 bits per heavy atom. The molecule has 30 heavy (non-hydrogen) atoms. The van der Waals surface area contributed by atoms with Crippen LogP contribution in [0.25, 0.3) is 11.5 Å². The van der Waals surface area contributed by atoms with Gasteiger partial charge in [-0.1, -0.05) is 36.4 Å². The fourth-order valence-electron chi connectivity index (χ4n) is 3.18. The van der Waals surface area contributed by atoms with Gasteiger partial charge in [0.1, 0.15) is 11.5 Å². The molecule has 0 amide bonds. The van der Waals surface area contributed by atoms with Gasteiger partial charge in [0, 0.05) is 25.1 Å². The summed E-state index contributed by atoms with van der Waals surface area (Å²) in [6.07, 6.45) is 2.33. The van der Waals surface area contributed by atoms with Crippen molar-refractivity contribution in [3.63, 3.8) is 0 Å². The number of aliphatic carboxylic acids is 1. The lowest BCUT2D eigenvalue weighted by molar-refractivity contribution is -0.138. The largest absolute Gasteiger partial charge is 0.493 e. The third kappa shape index (κ3) is 6.06. The van der Waals surface area contributed by atoms with Crippen molar-refractivity contribution in [1.29, 1.82) is 0 Å². The van der Waals surface area contributed by atoms with Crippen LogP contribution in [-0.4, -0.2) is 40.7 Å². The van der Waals surface area contributed by atoms with Crippen LogP contribution in [0.2, 0.25) is 0 Å². The number of aromatic nitrogens is 1. The van der Waals surface area contributed by atoms with Gasteiger partial charge < -0.3 is 14.3 Å². The van der Waals surface area contributed by atoms with E-state index < -0.39 is 5.97 Å². The summed E-state index contributed by atoms with van der Waals surface area (Å²) in [5.41, 5.74) is 2.81. The van der Waals surface area contributed by atoms with Crippen molar-refractivity contribution < 1.29 is 19.1 Å². The van der Waals surface area contributed by atoms with Crippen LogP contribution in [-0.2, 0) is 17.8 Å². The fraction of sp³-hybridized carbons (Fsp3) is 0.250. The first kappa shape index (κ1) is 21.3. The Labute approximate surface area is 176 Å². The molecule has 0 saturated carbocycles. The van der Waals surface area contributed by atoms with Crippen molar-refractivity contribution in [3.8, 4) is 17.2 Å². The Balaban J connectivity index is 1.58. The minimum Gasteiger partial charge on any atom is -0.493 e. The van der Waals surface area contributed by atoms with Crippen LogP contribution in [0.3, 0.4) is 0 Å². The van der Waals surface area contributed by atoms with Gasteiger partial charge in [0.25, 0.3) is 0 Å². The molecule has 1 heterocycles. The minimum atomic E-state index is -0.859. The van der Waals surface area contributed by atoms with Crippen molar-refractivity contribution in [2.75, 3.05) is 19.7 Å². The van der Waals surface area contributed by atoms with E-state index in [1.807, 2.05) is 61.5 Å². The number of benzene rings is 2. The molecule has 0 aliphatic carbocycles. The van der Waals surface area contributed by atoms with Gasteiger partial charge >= 0.3 is 5.97 Å². The lowest BCUT2D eigenvalue weighted by Crippen LogP contribution is -2.29. The van der Waals surface area contributed by atoms with Crippen LogP contribution in [0, 0.1) is 6.92 Å². The maximum absolute atomic E-state index is 11.0. The van der Waals surface area contributed by atoms with Crippen molar-refractivity contribution in [2.45, 2.75) is 19.9 Å². The molecule has 0 aliphatic heterocycles. The summed E-state index contributed by atoms with van der Waals surface area (Å²) in [4.78, 5) is 17.4. The maximum Gasteiger partial charge on any atom is 0.317 e. The van der Waals surface area contributed by atoms with E-state index in [4.69, 9.17) is 14.3 Å². The predicted molar refractivity (Wildman–Crippen MR) is 115 cm³/mol. The number of aryl methyl sites for hydroxylation is 1. The second-order valence-electron chi connectivity index (χ2n) is 6.99. The first-order valence-electron chi connectivity index (χ1n) is 9.83. The zero-order valence-electron chi connectivity index (χ0n) is 17.1. The molecular weight excluding hydrogens is 380 g/mol. The van der Waals surface area contributed by atoms with Crippen molar-refractivity contribution in [3.05, 3.63) is 84.3 Å². The molecular formula is C24H26N2O4. The third-order valence-corrected chi connectivity index (χ3v) is 4.57. The standard InChI is InChI=1S/C24H26N2O4/c1-3-13-26(17-23(27)28)16-19-8-7-11-21(15-19)29-14-12-22-18(2)30-24(25-22)20-9-5-4-6-10-20/h3-11,15H,1,12-14,16-17H2,2H3,(H,27,28). The number of ether oxygens (including phenoxy) is 1. The second-order valence-corrected chi connectivity index (χ2v) is 6.99. The molecule has 6 heteroatoms. The highest BCUT2D eigenvalue weighted by atomic mass is 16.5. The second kappa shape index (κ2) is 10.4. The predicted octanol–water partition coefficient (Wildman–Crippen LogP) is 4.34. The molecule has 156 valence electrons. The molecule has 6 nitrogen and oxygen atoms in total. The van der Waals surface area contributed by atoms with Crippen LogP contribution >= 0.6 is 0 Å². The Morgan fingerprint density at radius 1 is 1.23 bits per heavy atom. The molecule has 0 fully saturated rings. The summed E-state index contributed by atoms with van der Waals surface area (Å²) >= 11 is 0. The lowest BCUT2D eigenvalue weighted by atomic mass is 10.2. The summed E-state index contributed by atoms with van der Waals surface area (Å²) in [5, 5.41) is 9.05. The molecule has 2 aromatic carbocycles. The number of oxazole rings is 1. The fourth-order valence-corrected chi connectivity index (χ4v) is 3.18. The quantitative estimate of drug-likeness (QED) is 0.477. The number of hydrogen-bond acceptors (Lipinski definition) is 5. The average Bonchev–Trinajstić information content (AvgIpc) is 3.09. The van der Waals surface area contributed by atoms with Crippen LogP contribution < -0.4 is 4.74 Å². The highest BCUT2D eigenvalue weighted by molar-refractivity contribution is 5.69. The van der Waals surface area contributed by atoms with Crippen LogP contribution in [0.4, 0.5) is 0 Å². The van der Waals surface area contributed by atoms with Crippen molar-refractivity contribution >= 4 is 5.97 Å². The van der Waals surface area contributed by atoms with Gasteiger partial charge in [0.15, 0.2) is 0 Å². The van der Waals surface area contributed by atoms with Crippen LogP contribution in [0.5, 0.6) is 5.75 Å². The highest BCUT2D eigenvalue weighted by Gasteiger charge is 2.12. The van der Waals surface area contributed by atoms with E-state index in [-0.39, 0.29) is 6.54 Å². The molecule has 1 aromatic heterocycles. The Kier molecular flexibility index (Phi) is 7.40. The summed E-state index contributed by atoms with van der Waals surface area (Å²) in [7, 11) is 0. The summed E-state index contributed by atoms with van der Waals surface area (Å²) in [6, 6.07) is 17.5. The van der Waals surface area contributed by atoms with Gasteiger partial charge in [-0.25, -0.2) is 4.98 Å². The third-order valence-electron chi connectivity index (χ3n) is 4.57. The van der Waals surface area contributed by atoms with Gasteiger partial charge in [-0.15, -0.1) is 6.58 Å². The van der Waals surface area contributed by atoms with E-state index in [2.05, 4.69) is 11.6 Å². The first-order valence-corrected chi connectivity index (χ1v) is 9.83. The Bertz CT molecular complexity index is 982. The Morgan fingerprint density at radius 3 is 2.77 bits per heavy atom. The summed E-state index contributed by atoms with van der Waals surface area (Å²) in [6.45, 7) is 7.05. The molecule has 0 radical (unpaired) electrons. The zero-order valence-corrected chi connectivity index (χ0v) is 17.1. The van der Waals surface area contributed by atoms with E-state index >= 15 is 0 Å². The number of hydrogen-bond donors (Lipinski definition) is 1. The lowest BCUT2D eigenvalue weighted by Gasteiger charge is -2.18. The number of nitrogens with zero attached hydrogens (tertiary/aromatic N) is 2. The maximum atomic E-state index is 11.0. The molecule has 3 aromatic rings. The number of rotatable bonds is 11. The average molecular weight is 406 g/mol. The van der Waals surface area contributed by atoms with E-state index in [0.29, 0.717) is 32.0 Å². The van der Waals surface area contributed by atoms with Gasteiger partial charge in [-0.3, -0.25) is 9.69 Å². The molecule has 3 rings (SSSR count). The van der Waals surface area contributed by atoms with Gasteiger partial charge in [-0.05, 0) is 36.8 Å². The van der Waals surface area contributed by atoms with Crippen molar-refractivity contribution in [1.82, 2.24) is 9.88 Å². The minimum absolute atomic E-state index is 0.0354. The molecule has 0 bridgehead atoms. The molecule has 0 atom stereocenters. The van der Waals surface area contributed by atoms with E-state index in [0.717, 1.165) is 28.3 Å².